The molecule has 0 amide bonds. The molecule has 22 heavy (non-hydrogen) atoms. The molecule has 0 aliphatic carbocycles. The van der Waals surface area contributed by atoms with Crippen molar-refractivity contribution in [2.24, 2.45) is 5.22 Å². The summed E-state index contributed by atoms with van der Waals surface area (Å²) in [5, 5.41) is 5.15. The Morgan fingerprint density at radius 1 is 1.18 bits per heavy atom. The van der Waals surface area contributed by atoms with Crippen LogP contribution in [0.15, 0.2) is 29.5 Å². The predicted molar refractivity (Wildman–Crippen MR) is 82.6 cm³/mol. The maximum Gasteiger partial charge on any atom is 0.483 e. The molecule has 1 atom stereocenters. The highest BCUT2D eigenvalue weighted by molar-refractivity contribution is 6.47. The Labute approximate surface area is 131 Å². The van der Waals surface area contributed by atoms with E-state index in [0.29, 0.717) is 6.54 Å². The van der Waals surface area contributed by atoms with E-state index in [1.165, 1.54) is 12.1 Å². The molecule has 1 unspecified atom stereocenters. The zero-order chi connectivity index (χ0) is 16.5. The molecule has 0 saturated carbocycles. The van der Waals surface area contributed by atoms with Crippen LogP contribution in [0.5, 0.6) is 0 Å². The van der Waals surface area contributed by atoms with Gasteiger partial charge in [-0.25, -0.2) is 4.39 Å². The molecule has 5 nitrogen and oxygen atoms in total. The van der Waals surface area contributed by atoms with Gasteiger partial charge in [-0.1, -0.05) is 17.4 Å². The molecule has 1 aromatic rings. The van der Waals surface area contributed by atoms with Crippen molar-refractivity contribution in [3.63, 3.8) is 0 Å². The van der Waals surface area contributed by atoms with E-state index in [1.54, 1.807) is 17.1 Å². The molecule has 0 aromatic heterocycles. The number of nitrogens with zero attached hydrogens (tertiary/aromatic N) is 2. The van der Waals surface area contributed by atoms with Gasteiger partial charge in [0.2, 0.25) is 0 Å². The third-order valence-corrected chi connectivity index (χ3v) is 4.52. The topological polar surface area (TPSA) is 57.9 Å². The van der Waals surface area contributed by atoms with Crippen molar-refractivity contribution < 1.29 is 13.7 Å². The Morgan fingerprint density at radius 2 is 1.68 bits per heavy atom. The van der Waals surface area contributed by atoms with Crippen molar-refractivity contribution in [2.45, 2.75) is 58.3 Å². The average molecular weight is 307 g/mol. The quantitative estimate of drug-likeness (QED) is 0.514. The summed E-state index contributed by atoms with van der Waals surface area (Å²) in [6, 6.07) is 6.17. The minimum Gasteiger partial charge on any atom is -0.402 e. The molecule has 1 saturated heterocycles. The maximum absolute atomic E-state index is 13.0. The summed E-state index contributed by atoms with van der Waals surface area (Å²) in [6.45, 7) is 10.3. The number of nitrogens with one attached hydrogen (secondary N) is 1. The van der Waals surface area contributed by atoms with E-state index in [4.69, 9.17) is 14.8 Å². The number of rotatable bonds is 5. The summed E-state index contributed by atoms with van der Waals surface area (Å²) in [4.78, 5) is 0. The Bertz CT molecular complexity index is 520. The van der Waals surface area contributed by atoms with E-state index in [1.807, 2.05) is 34.6 Å². The normalized spacial score (nSPS) is 20.7. The van der Waals surface area contributed by atoms with Crippen LogP contribution in [0.4, 0.5) is 4.39 Å². The van der Waals surface area contributed by atoms with Crippen LogP contribution in [0.25, 0.3) is 0 Å². The molecule has 1 aliphatic rings. The lowest BCUT2D eigenvalue weighted by atomic mass is 9.79. The number of halogens is 1. The third kappa shape index (κ3) is 3.30. The number of hydrogen-bond acceptors (Lipinski definition) is 4. The summed E-state index contributed by atoms with van der Waals surface area (Å²) >= 11 is 0. The molecule has 0 spiro atoms. The van der Waals surface area contributed by atoms with Crippen molar-refractivity contribution in [3.8, 4) is 0 Å². The van der Waals surface area contributed by atoms with Gasteiger partial charge in [0.25, 0.3) is 0 Å². The van der Waals surface area contributed by atoms with E-state index in [0.717, 1.165) is 5.56 Å². The Kier molecular flexibility index (Phi) is 4.58. The van der Waals surface area contributed by atoms with Gasteiger partial charge in [0.15, 0.2) is 0 Å². The summed E-state index contributed by atoms with van der Waals surface area (Å²) in [5.41, 5.74) is 7.44. The van der Waals surface area contributed by atoms with E-state index in [-0.39, 0.29) is 11.8 Å². The Hall–Kier alpha value is -1.47. The van der Waals surface area contributed by atoms with Crippen LogP contribution in [0.1, 0.15) is 40.2 Å². The van der Waals surface area contributed by atoms with Gasteiger partial charge in [-0.05, 0) is 52.3 Å². The SMILES string of the molecule is CC(B1OC(C)(C)C(C)(C)O1)N(Cc1ccc(F)cc1)N=N. The first kappa shape index (κ1) is 16.9. The van der Waals surface area contributed by atoms with Gasteiger partial charge in [-0.15, -0.1) is 0 Å². The van der Waals surface area contributed by atoms with Gasteiger partial charge in [-0.3, -0.25) is 5.01 Å². The van der Waals surface area contributed by atoms with Crippen LogP contribution in [-0.2, 0) is 15.9 Å². The molecule has 1 N–H and O–H groups in total. The summed E-state index contributed by atoms with van der Waals surface area (Å²) in [7, 11) is -0.473. The summed E-state index contributed by atoms with van der Waals surface area (Å²) in [5.74, 6) is -0.513. The molecule has 120 valence electrons. The van der Waals surface area contributed by atoms with E-state index in [2.05, 4.69) is 5.22 Å². The largest absolute Gasteiger partial charge is 0.483 e. The standard InChI is InChI=1S/C15H23BFN3O2/c1-11(16-21-14(2,3)15(4,5)22-16)20(19-18)10-12-6-8-13(17)9-7-12/h6-9,11,18H,10H2,1-5H3. The van der Waals surface area contributed by atoms with Crippen LogP contribution in [-0.4, -0.2) is 29.3 Å². The van der Waals surface area contributed by atoms with Crippen LogP contribution in [0.2, 0.25) is 0 Å². The number of hydrogen-bond donors (Lipinski definition) is 1. The van der Waals surface area contributed by atoms with Crippen molar-refractivity contribution in [2.75, 3.05) is 0 Å². The molecule has 1 heterocycles. The van der Waals surface area contributed by atoms with Crippen molar-refractivity contribution >= 4 is 7.12 Å². The fourth-order valence-electron chi connectivity index (χ4n) is 2.27. The van der Waals surface area contributed by atoms with Crippen LogP contribution < -0.4 is 0 Å². The smallest absolute Gasteiger partial charge is 0.402 e. The summed E-state index contributed by atoms with van der Waals surface area (Å²) in [6.07, 6.45) is 0. The molecule has 1 aliphatic heterocycles. The lowest BCUT2D eigenvalue weighted by Gasteiger charge is -2.32. The second-order valence-corrected chi connectivity index (χ2v) is 6.69. The van der Waals surface area contributed by atoms with Gasteiger partial charge in [0.05, 0.1) is 23.7 Å². The van der Waals surface area contributed by atoms with E-state index < -0.39 is 18.3 Å². The first-order chi connectivity index (χ1) is 10.2. The van der Waals surface area contributed by atoms with Crippen LogP contribution >= 0.6 is 0 Å². The van der Waals surface area contributed by atoms with Gasteiger partial charge in [-0.2, -0.15) is 5.53 Å². The van der Waals surface area contributed by atoms with Crippen LogP contribution in [0, 0.1) is 11.3 Å². The summed E-state index contributed by atoms with van der Waals surface area (Å²) < 4.78 is 25.0. The molecule has 1 fully saturated rings. The zero-order valence-electron chi connectivity index (χ0n) is 13.8. The highest BCUT2D eigenvalue weighted by atomic mass is 19.1. The highest BCUT2D eigenvalue weighted by Gasteiger charge is 2.54. The Balaban J connectivity index is 2.08. The number of benzene rings is 1. The van der Waals surface area contributed by atoms with Crippen LogP contribution in [0.3, 0.4) is 0 Å². The third-order valence-electron chi connectivity index (χ3n) is 4.52. The van der Waals surface area contributed by atoms with Crippen molar-refractivity contribution in [1.82, 2.24) is 5.01 Å². The molecule has 2 rings (SSSR count). The first-order valence-corrected chi connectivity index (χ1v) is 7.40. The molecule has 0 bridgehead atoms. The van der Waals surface area contributed by atoms with Gasteiger partial charge >= 0.3 is 7.12 Å². The monoisotopic (exact) mass is 307 g/mol. The molecule has 0 radical (unpaired) electrons. The highest BCUT2D eigenvalue weighted by Crippen LogP contribution is 2.38. The Morgan fingerprint density at radius 3 is 2.14 bits per heavy atom. The molecule has 7 heteroatoms. The van der Waals surface area contributed by atoms with Crippen molar-refractivity contribution in [3.05, 3.63) is 35.6 Å². The lowest BCUT2D eigenvalue weighted by Crippen LogP contribution is -2.43. The predicted octanol–water partition coefficient (Wildman–Crippen LogP) is 3.59. The second-order valence-electron chi connectivity index (χ2n) is 6.69. The second kappa shape index (κ2) is 5.97. The van der Waals surface area contributed by atoms with Gasteiger partial charge < -0.3 is 9.31 Å². The molecular formula is C15H23BFN3O2. The zero-order valence-corrected chi connectivity index (χ0v) is 13.8. The molecular weight excluding hydrogens is 284 g/mol. The average Bonchev–Trinajstić information content (AvgIpc) is 2.66. The van der Waals surface area contributed by atoms with E-state index >= 15 is 0 Å². The minimum atomic E-state index is -0.473. The van der Waals surface area contributed by atoms with Crippen molar-refractivity contribution in [1.29, 1.82) is 5.53 Å². The lowest BCUT2D eigenvalue weighted by molar-refractivity contribution is 0.00578. The maximum atomic E-state index is 13.0. The fourth-order valence-corrected chi connectivity index (χ4v) is 2.27. The first-order valence-electron chi connectivity index (χ1n) is 7.40. The molecule has 1 aromatic carbocycles. The minimum absolute atomic E-state index is 0.233. The van der Waals surface area contributed by atoms with E-state index in [9.17, 15) is 4.39 Å². The van der Waals surface area contributed by atoms with Gasteiger partial charge in [0.1, 0.15) is 5.82 Å². The van der Waals surface area contributed by atoms with Gasteiger partial charge in [0, 0.05) is 0 Å². The fraction of sp³-hybridized carbons (Fsp3) is 0.600.